The molecule has 1 N–H and O–H groups in total. The van der Waals surface area contributed by atoms with E-state index in [9.17, 15) is 0 Å². The van der Waals surface area contributed by atoms with Crippen LogP contribution in [0.1, 0.15) is 23.6 Å². The first kappa shape index (κ1) is 14.3. The van der Waals surface area contributed by atoms with Gasteiger partial charge in [-0.3, -0.25) is 0 Å². The number of anilines is 1. The first-order valence-corrected chi connectivity index (χ1v) is 6.80. The van der Waals surface area contributed by atoms with Crippen LogP contribution in [0, 0.1) is 20.8 Å². The molecule has 0 aliphatic heterocycles. The molecule has 0 fully saturated rings. The molecule has 0 bridgehead atoms. The predicted molar refractivity (Wildman–Crippen MR) is 82.4 cm³/mol. The maximum absolute atomic E-state index is 5.59. The van der Waals surface area contributed by atoms with Crippen molar-refractivity contribution in [3.63, 3.8) is 0 Å². The second-order valence-corrected chi connectivity index (χ2v) is 4.84. The number of aryl methyl sites for hydroxylation is 2. The van der Waals surface area contributed by atoms with Crippen molar-refractivity contribution in [2.75, 3.05) is 19.0 Å². The van der Waals surface area contributed by atoms with E-state index < -0.39 is 0 Å². The molecule has 0 amide bonds. The molecule has 20 heavy (non-hydrogen) atoms. The number of ether oxygens (including phenoxy) is 1. The molecule has 106 valence electrons. The van der Waals surface area contributed by atoms with Crippen LogP contribution in [0.15, 0.2) is 18.3 Å². The number of rotatable bonds is 4. The van der Waals surface area contributed by atoms with Crippen molar-refractivity contribution in [2.24, 2.45) is 0 Å². The second-order valence-electron chi connectivity index (χ2n) is 4.84. The van der Waals surface area contributed by atoms with E-state index in [4.69, 9.17) is 4.74 Å². The van der Waals surface area contributed by atoms with E-state index in [0.717, 1.165) is 34.7 Å². The molecular formula is C16H21N3O. The molecule has 0 unspecified atom stereocenters. The lowest BCUT2D eigenvalue weighted by Gasteiger charge is -2.15. The van der Waals surface area contributed by atoms with E-state index >= 15 is 0 Å². The first-order valence-electron chi connectivity index (χ1n) is 6.80. The molecule has 0 atom stereocenters. The Hall–Kier alpha value is -2.10. The van der Waals surface area contributed by atoms with Crippen molar-refractivity contribution < 1.29 is 4.74 Å². The molecule has 1 aromatic carbocycles. The predicted octanol–water partition coefficient (Wildman–Crippen LogP) is 3.51. The van der Waals surface area contributed by atoms with Crippen molar-refractivity contribution in [3.8, 4) is 17.0 Å². The van der Waals surface area contributed by atoms with Crippen LogP contribution < -0.4 is 10.1 Å². The molecule has 4 heteroatoms. The smallest absolute Gasteiger partial charge is 0.223 e. The minimum Gasteiger partial charge on any atom is -0.496 e. The van der Waals surface area contributed by atoms with Gasteiger partial charge in [0.1, 0.15) is 5.75 Å². The Balaban J connectivity index is 2.61. The van der Waals surface area contributed by atoms with Crippen LogP contribution in [0.5, 0.6) is 5.75 Å². The van der Waals surface area contributed by atoms with Gasteiger partial charge in [-0.05, 0) is 50.5 Å². The lowest BCUT2D eigenvalue weighted by atomic mass is 10.0. The van der Waals surface area contributed by atoms with Crippen LogP contribution >= 0.6 is 0 Å². The quantitative estimate of drug-likeness (QED) is 0.924. The summed E-state index contributed by atoms with van der Waals surface area (Å²) in [5, 5.41) is 3.15. The van der Waals surface area contributed by atoms with Crippen LogP contribution in [0.3, 0.4) is 0 Å². The van der Waals surface area contributed by atoms with Gasteiger partial charge in [0.15, 0.2) is 0 Å². The summed E-state index contributed by atoms with van der Waals surface area (Å²) in [6.45, 7) is 8.99. The third-order valence-electron chi connectivity index (χ3n) is 3.44. The van der Waals surface area contributed by atoms with Gasteiger partial charge in [0, 0.05) is 18.3 Å². The number of hydrogen-bond acceptors (Lipinski definition) is 4. The summed E-state index contributed by atoms with van der Waals surface area (Å²) in [5.41, 5.74) is 5.32. The summed E-state index contributed by atoms with van der Waals surface area (Å²) in [6, 6.07) is 4.16. The summed E-state index contributed by atoms with van der Waals surface area (Å²) in [5.74, 6) is 1.53. The molecule has 0 saturated carbocycles. The van der Waals surface area contributed by atoms with Crippen molar-refractivity contribution >= 4 is 5.95 Å². The maximum Gasteiger partial charge on any atom is 0.223 e. The van der Waals surface area contributed by atoms with Crippen LogP contribution in [-0.4, -0.2) is 23.6 Å². The summed E-state index contributed by atoms with van der Waals surface area (Å²) in [6.07, 6.45) is 1.84. The highest BCUT2D eigenvalue weighted by atomic mass is 16.5. The van der Waals surface area contributed by atoms with Crippen LogP contribution in [0.2, 0.25) is 0 Å². The van der Waals surface area contributed by atoms with Crippen LogP contribution in [0.25, 0.3) is 11.3 Å². The second kappa shape index (κ2) is 5.90. The van der Waals surface area contributed by atoms with Gasteiger partial charge in [0.25, 0.3) is 0 Å². The largest absolute Gasteiger partial charge is 0.496 e. The SMILES string of the molecule is CCNc1ncc(C)c(-c2ccc(C)c(C)c2OC)n1. The molecule has 1 heterocycles. The van der Waals surface area contributed by atoms with Gasteiger partial charge >= 0.3 is 0 Å². The van der Waals surface area contributed by atoms with Crippen molar-refractivity contribution in [3.05, 3.63) is 35.0 Å². The lowest BCUT2D eigenvalue weighted by Crippen LogP contribution is -2.04. The van der Waals surface area contributed by atoms with Gasteiger partial charge < -0.3 is 10.1 Å². The highest BCUT2D eigenvalue weighted by Crippen LogP contribution is 2.35. The van der Waals surface area contributed by atoms with Crippen molar-refractivity contribution in [1.82, 2.24) is 9.97 Å². The fourth-order valence-electron chi connectivity index (χ4n) is 2.20. The molecule has 2 aromatic rings. The fourth-order valence-corrected chi connectivity index (χ4v) is 2.20. The highest BCUT2D eigenvalue weighted by Gasteiger charge is 2.14. The van der Waals surface area contributed by atoms with Crippen LogP contribution in [-0.2, 0) is 0 Å². The maximum atomic E-state index is 5.59. The van der Waals surface area contributed by atoms with E-state index in [-0.39, 0.29) is 0 Å². The number of hydrogen-bond donors (Lipinski definition) is 1. The third-order valence-corrected chi connectivity index (χ3v) is 3.44. The lowest BCUT2D eigenvalue weighted by molar-refractivity contribution is 0.413. The van der Waals surface area contributed by atoms with Crippen molar-refractivity contribution in [2.45, 2.75) is 27.7 Å². The monoisotopic (exact) mass is 271 g/mol. The zero-order chi connectivity index (χ0) is 14.7. The van der Waals surface area contributed by atoms with E-state index in [2.05, 4.69) is 41.3 Å². The molecular weight excluding hydrogens is 250 g/mol. The third kappa shape index (κ3) is 2.59. The Bertz CT molecular complexity index is 623. The van der Waals surface area contributed by atoms with Gasteiger partial charge in [-0.2, -0.15) is 0 Å². The number of nitrogens with one attached hydrogen (secondary N) is 1. The number of aromatic nitrogens is 2. The highest BCUT2D eigenvalue weighted by molar-refractivity contribution is 5.73. The van der Waals surface area contributed by atoms with Gasteiger partial charge in [0.2, 0.25) is 5.95 Å². The Morgan fingerprint density at radius 1 is 1.15 bits per heavy atom. The zero-order valence-corrected chi connectivity index (χ0v) is 12.7. The first-order chi connectivity index (χ1) is 9.58. The van der Waals surface area contributed by atoms with Gasteiger partial charge in [0.05, 0.1) is 12.8 Å². The molecule has 2 rings (SSSR count). The minimum atomic E-state index is 0.647. The molecule has 0 aliphatic rings. The molecule has 0 spiro atoms. The zero-order valence-electron chi connectivity index (χ0n) is 12.7. The van der Waals surface area contributed by atoms with E-state index in [1.54, 1.807) is 7.11 Å². The Labute approximate surface area is 120 Å². The van der Waals surface area contributed by atoms with E-state index in [0.29, 0.717) is 5.95 Å². The minimum absolute atomic E-state index is 0.647. The van der Waals surface area contributed by atoms with Gasteiger partial charge in [-0.1, -0.05) is 6.07 Å². The normalized spacial score (nSPS) is 10.4. The molecule has 0 radical (unpaired) electrons. The van der Waals surface area contributed by atoms with Gasteiger partial charge in [-0.15, -0.1) is 0 Å². The Morgan fingerprint density at radius 2 is 1.90 bits per heavy atom. The summed E-state index contributed by atoms with van der Waals surface area (Å²) in [4.78, 5) is 8.90. The number of nitrogens with zero attached hydrogens (tertiary/aromatic N) is 2. The molecule has 0 saturated heterocycles. The van der Waals surface area contributed by atoms with E-state index in [1.165, 1.54) is 5.56 Å². The Morgan fingerprint density at radius 3 is 2.55 bits per heavy atom. The standard InChI is InChI=1S/C16H21N3O/c1-6-17-16-18-9-11(3)14(19-16)13-8-7-10(2)12(4)15(13)20-5/h7-9H,6H2,1-5H3,(H,17,18,19). The summed E-state index contributed by atoms with van der Waals surface area (Å²) in [7, 11) is 1.70. The molecule has 4 nitrogen and oxygen atoms in total. The van der Waals surface area contributed by atoms with Gasteiger partial charge in [-0.25, -0.2) is 9.97 Å². The fraction of sp³-hybridized carbons (Fsp3) is 0.375. The summed E-state index contributed by atoms with van der Waals surface area (Å²) >= 11 is 0. The van der Waals surface area contributed by atoms with E-state index in [1.807, 2.05) is 20.0 Å². The topological polar surface area (TPSA) is 47.0 Å². The summed E-state index contributed by atoms with van der Waals surface area (Å²) < 4.78 is 5.59. The number of benzene rings is 1. The van der Waals surface area contributed by atoms with Crippen LogP contribution in [0.4, 0.5) is 5.95 Å². The molecule has 1 aromatic heterocycles. The average Bonchev–Trinajstić information content (AvgIpc) is 2.44. The molecule has 0 aliphatic carbocycles. The number of methoxy groups -OCH3 is 1. The average molecular weight is 271 g/mol. The van der Waals surface area contributed by atoms with Crippen molar-refractivity contribution in [1.29, 1.82) is 0 Å². The Kier molecular flexibility index (Phi) is 4.23.